The molecule has 2 rings (SSSR count). The largest absolute Gasteiger partial charge is 0.391 e. The number of rotatable bonds is 1. The van der Waals surface area contributed by atoms with E-state index in [-0.39, 0.29) is 11.3 Å². The van der Waals surface area contributed by atoms with Gasteiger partial charge < -0.3 is 10.0 Å². The van der Waals surface area contributed by atoms with Crippen LogP contribution in [0.4, 0.5) is 0 Å². The third-order valence-electron chi connectivity index (χ3n) is 3.71. The number of piperidine rings is 1. The summed E-state index contributed by atoms with van der Waals surface area (Å²) >= 11 is 3.39. The maximum absolute atomic E-state index is 12.4. The number of nitrogens with zero attached hydrogens (tertiary/aromatic N) is 1. The number of likely N-dealkylation sites (tertiary alicyclic amines) is 1. The molecule has 4 heteroatoms. The number of carbonyl (C=O) groups excluding carboxylic acids is 1. The molecule has 0 radical (unpaired) electrons. The van der Waals surface area contributed by atoms with Crippen molar-refractivity contribution >= 4 is 21.8 Å². The van der Waals surface area contributed by atoms with Crippen LogP contribution in [0.15, 0.2) is 28.7 Å². The van der Waals surface area contributed by atoms with Gasteiger partial charge in [-0.15, -0.1) is 0 Å². The van der Waals surface area contributed by atoms with Gasteiger partial charge in [0.15, 0.2) is 0 Å². The molecule has 0 aliphatic carbocycles. The summed E-state index contributed by atoms with van der Waals surface area (Å²) in [6.07, 6.45) is 0.363. The second kappa shape index (κ2) is 5.02. The summed E-state index contributed by atoms with van der Waals surface area (Å²) in [5, 5.41) is 10.1. The van der Waals surface area contributed by atoms with Crippen molar-refractivity contribution in [1.29, 1.82) is 0 Å². The molecular formula is C14H18BrNO2. The zero-order valence-corrected chi connectivity index (χ0v) is 12.3. The summed E-state index contributed by atoms with van der Waals surface area (Å²) in [5.74, 6) is -0.0166. The Bertz CT molecular complexity index is 459. The van der Waals surface area contributed by atoms with Crippen LogP contribution in [0.5, 0.6) is 0 Å². The monoisotopic (exact) mass is 311 g/mol. The van der Waals surface area contributed by atoms with E-state index in [2.05, 4.69) is 15.9 Å². The Labute approximate surface area is 116 Å². The molecule has 1 aliphatic rings. The Morgan fingerprint density at radius 3 is 2.72 bits per heavy atom. The molecule has 1 heterocycles. The predicted octanol–water partition coefficient (Wildman–Crippen LogP) is 2.68. The van der Waals surface area contributed by atoms with E-state index in [0.717, 1.165) is 10.9 Å². The molecule has 1 unspecified atom stereocenters. The Hall–Kier alpha value is -0.870. The highest BCUT2D eigenvalue weighted by molar-refractivity contribution is 9.10. The van der Waals surface area contributed by atoms with Crippen LogP contribution < -0.4 is 0 Å². The van der Waals surface area contributed by atoms with Gasteiger partial charge in [-0.05, 0) is 39.9 Å². The van der Waals surface area contributed by atoms with Crippen LogP contribution in [0.3, 0.4) is 0 Å². The van der Waals surface area contributed by atoms with Crippen molar-refractivity contribution in [2.45, 2.75) is 26.4 Å². The standard InChI is InChI=1S/C14H18BrNO2/c1-14(2)7-8-16(9-12(14)17)13(18)10-5-3-4-6-11(10)15/h3-6,12,17H,7-9H2,1-2H3. The topological polar surface area (TPSA) is 40.5 Å². The van der Waals surface area contributed by atoms with Gasteiger partial charge in [-0.1, -0.05) is 26.0 Å². The Balaban J connectivity index is 2.15. The van der Waals surface area contributed by atoms with Gasteiger partial charge in [-0.25, -0.2) is 0 Å². The predicted molar refractivity (Wildman–Crippen MR) is 74.5 cm³/mol. The molecule has 1 aliphatic heterocycles. The number of amides is 1. The van der Waals surface area contributed by atoms with E-state index in [0.29, 0.717) is 18.7 Å². The molecule has 0 saturated carbocycles. The van der Waals surface area contributed by atoms with E-state index in [1.807, 2.05) is 32.0 Å². The number of aliphatic hydroxyl groups excluding tert-OH is 1. The highest BCUT2D eigenvalue weighted by Gasteiger charge is 2.36. The lowest BCUT2D eigenvalue weighted by atomic mass is 9.80. The molecule has 1 fully saturated rings. The van der Waals surface area contributed by atoms with Crippen LogP contribution in [0, 0.1) is 5.41 Å². The lowest BCUT2D eigenvalue weighted by Gasteiger charge is -2.41. The fourth-order valence-corrected chi connectivity index (χ4v) is 2.58. The summed E-state index contributed by atoms with van der Waals surface area (Å²) in [5.41, 5.74) is 0.550. The quantitative estimate of drug-likeness (QED) is 0.866. The summed E-state index contributed by atoms with van der Waals surface area (Å²) in [6.45, 7) is 5.19. The SMILES string of the molecule is CC1(C)CCN(C(=O)c2ccccc2Br)CC1O. The van der Waals surface area contributed by atoms with Crippen LogP contribution in [0.2, 0.25) is 0 Å². The van der Waals surface area contributed by atoms with E-state index in [4.69, 9.17) is 0 Å². The minimum Gasteiger partial charge on any atom is -0.391 e. The van der Waals surface area contributed by atoms with E-state index >= 15 is 0 Å². The highest BCUT2D eigenvalue weighted by atomic mass is 79.9. The highest BCUT2D eigenvalue weighted by Crippen LogP contribution is 2.31. The first kappa shape index (κ1) is 13.6. The third kappa shape index (κ3) is 2.59. The van der Waals surface area contributed by atoms with Gasteiger partial charge in [0.1, 0.15) is 0 Å². The van der Waals surface area contributed by atoms with Gasteiger partial charge >= 0.3 is 0 Å². The lowest BCUT2D eigenvalue weighted by molar-refractivity contribution is -0.0191. The number of hydrogen-bond donors (Lipinski definition) is 1. The lowest BCUT2D eigenvalue weighted by Crippen LogP contribution is -2.50. The molecule has 1 N–H and O–H groups in total. The number of benzene rings is 1. The molecule has 1 aromatic rings. The van der Waals surface area contributed by atoms with Gasteiger partial charge in [0, 0.05) is 17.6 Å². The summed E-state index contributed by atoms with van der Waals surface area (Å²) < 4.78 is 0.800. The van der Waals surface area contributed by atoms with E-state index in [1.54, 1.807) is 11.0 Å². The van der Waals surface area contributed by atoms with Gasteiger partial charge in [0.25, 0.3) is 5.91 Å². The van der Waals surface area contributed by atoms with Crippen LogP contribution in [0.25, 0.3) is 0 Å². The second-order valence-electron chi connectivity index (χ2n) is 5.49. The second-order valence-corrected chi connectivity index (χ2v) is 6.34. The molecule has 1 atom stereocenters. The molecular weight excluding hydrogens is 294 g/mol. The fourth-order valence-electron chi connectivity index (χ4n) is 2.13. The number of β-amino-alcohol motifs (C(OH)–C–C–N with tert-alkyl or cyclic N) is 1. The van der Waals surface area contributed by atoms with Gasteiger partial charge in [0.2, 0.25) is 0 Å². The molecule has 3 nitrogen and oxygen atoms in total. The first-order valence-corrected chi connectivity index (χ1v) is 6.93. The van der Waals surface area contributed by atoms with Crippen molar-refractivity contribution in [3.05, 3.63) is 34.3 Å². The Kier molecular flexibility index (Phi) is 3.78. The van der Waals surface area contributed by atoms with Crippen LogP contribution in [-0.2, 0) is 0 Å². The van der Waals surface area contributed by atoms with Crippen LogP contribution in [-0.4, -0.2) is 35.1 Å². The average molecular weight is 312 g/mol. The summed E-state index contributed by atoms with van der Waals surface area (Å²) in [7, 11) is 0. The van der Waals surface area contributed by atoms with E-state index < -0.39 is 6.10 Å². The maximum Gasteiger partial charge on any atom is 0.255 e. The van der Waals surface area contributed by atoms with Crippen LogP contribution in [0.1, 0.15) is 30.6 Å². The summed E-state index contributed by atoms with van der Waals surface area (Å²) in [6, 6.07) is 7.40. The molecule has 1 amide bonds. The Morgan fingerprint density at radius 2 is 2.11 bits per heavy atom. The minimum absolute atomic E-state index is 0.0166. The van der Waals surface area contributed by atoms with E-state index in [1.165, 1.54) is 0 Å². The maximum atomic E-state index is 12.4. The van der Waals surface area contributed by atoms with Gasteiger partial charge in [-0.3, -0.25) is 4.79 Å². The average Bonchev–Trinajstić information content (AvgIpc) is 2.32. The van der Waals surface area contributed by atoms with E-state index in [9.17, 15) is 9.90 Å². The fraction of sp³-hybridized carbons (Fsp3) is 0.500. The number of aliphatic hydroxyl groups is 1. The smallest absolute Gasteiger partial charge is 0.255 e. The number of halogens is 1. The summed E-state index contributed by atoms with van der Waals surface area (Å²) in [4.78, 5) is 14.1. The molecule has 1 saturated heterocycles. The number of carbonyl (C=O) groups is 1. The minimum atomic E-state index is -0.460. The molecule has 0 bridgehead atoms. The first-order chi connectivity index (χ1) is 8.42. The molecule has 1 aromatic carbocycles. The third-order valence-corrected chi connectivity index (χ3v) is 4.40. The van der Waals surface area contributed by atoms with Crippen molar-refractivity contribution in [2.75, 3.05) is 13.1 Å². The molecule has 0 aromatic heterocycles. The normalized spacial score (nSPS) is 22.9. The zero-order chi connectivity index (χ0) is 13.3. The molecule has 0 spiro atoms. The van der Waals surface area contributed by atoms with Crippen LogP contribution >= 0.6 is 15.9 Å². The van der Waals surface area contributed by atoms with Crippen molar-refractivity contribution in [3.8, 4) is 0 Å². The van der Waals surface area contributed by atoms with Gasteiger partial charge in [0.05, 0.1) is 11.7 Å². The van der Waals surface area contributed by atoms with Crippen molar-refractivity contribution < 1.29 is 9.90 Å². The van der Waals surface area contributed by atoms with Crippen molar-refractivity contribution in [2.24, 2.45) is 5.41 Å². The zero-order valence-electron chi connectivity index (χ0n) is 10.7. The van der Waals surface area contributed by atoms with Crippen molar-refractivity contribution in [3.63, 3.8) is 0 Å². The molecule has 18 heavy (non-hydrogen) atoms. The van der Waals surface area contributed by atoms with Crippen molar-refractivity contribution in [1.82, 2.24) is 4.90 Å². The number of hydrogen-bond acceptors (Lipinski definition) is 2. The Morgan fingerprint density at radius 1 is 1.44 bits per heavy atom. The first-order valence-electron chi connectivity index (χ1n) is 6.14. The van der Waals surface area contributed by atoms with Gasteiger partial charge in [-0.2, -0.15) is 0 Å². The molecule has 98 valence electrons.